The predicted molar refractivity (Wildman–Crippen MR) is 44.1 cm³/mol. The van der Waals surface area contributed by atoms with Gasteiger partial charge in [-0.3, -0.25) is 9.19 Å². The fraction of sp³-hybridized carbons (Fsp3) is 1.00. The van der Waals surface area contributed by atoms with Crippen molar-refractivity contribution in [2.45, 2.75) is 0 Å². The maximum atomic E-state index is 13.5. The smallest absolute Gasteiger partial charge is 0.164 e. The first kappa shape index (κ1) is 10.2. The van der Waals surface area contributed by atoms with Crippen molar-refractivity contribution < 1.29 is 18.4 Å². The maximum Gasteiger partial charge on any atom is 0.164 e. The minimum Gasteiger partial charge on any atom is -0.297 e. The fourth-order valence-corrected chi connectivity index (χ4v) is 2.38. The molecule has 0 spiro atoms. The second-order valence-corrected chi connectivity index (χ2v) is 4.07. The Bertz CT molecular complexity index is 152. The van der Waals surface area contributed by atoms with Crippen molar-refractivity contribution in [2.75, 3.05) is 45.3 Å². The van der Waals surface area contributed by atoms with Gasteiger partial charge in [0.15, 0.2) is 25.6 Å². The Hall–Kier alpha value is 0.0700. The highest BCUT2D eigenvalue weighted by Crippen LogP contribution is 2.27. The number of hydrogen-bond donors (Lipinski definition) is 0. The standard InChI is InChI=1S/C7H14ClFN2.FH/c8-7-10-1-4-11(9,5-2-10)6-3-10;/h1-7H2;1H/q+2;. The van der Waals surface area contributed by atoms with Crippen LogP contribution in [0.2, 0.25) is 0 Å². The highest BCUT2D eigenvalue weighted by molar-refractivity contribution is 6.16. The molecule has 0 atom stereocenters. The summed E-state index contributed by atoms with van der Waals surface area (Å²) in [7, 11) is 0. The number of nitrogens with zero attached hydrogens (tertiary/aromatic N) is 2. The monoisotopic (exact) mass is 200 g/mol. The van der Waals surface area contributed by atoms with Crippen LogP contribution < -0.4 is 0 Å². The molecule has 2 bridgehead atoms. The van der Waals surface area contributed by atoms with Crippen LogP contribution in [0.1, 0.15) is 0 Å². The van der Waals surface area contributed by atoms with Crippen molar-refractivity contribution in [3.8, 4) is 0 Å². The van der Waals surface area contributed by atoms with E-state index in [9.17, 15) is 4.48 Å². The average Bonchev–Trinajstić information content (AvgIpc) is 2.07. The van der Waals surface area contributed by atoms with Crippen LogP contribution >= 0.6 is 11.6 Å². The van der Waals surface area contributed by atoms with Gasteiger partial charge in [0.25, 0.3) is 0 Å². The van der Waals surface area contributed by atoms with Gasteiger partial charge < -0.3 is 0 Å². The van der Waals surface area contributed by atoms with E-state index in [1.54, 1.807) is 0 Å². The molecule has 0 aliphatic carbocycles. The second kappa shape index (κ2) is 3.09. The Kier molecular flexibility index (Phi) is 2.61. The molecular weight excluding hydrogens is 186 g/mol. The van der Waals surface area contributed by atoms with E-state index in [1.807, 2.05) is 0 Å². The third kappa shape index (κ3) is 1.43. The summed E-state index contributed by atoms with van der Waals surface area (Å²) in [5.41, 5.74) is 0. The Labute approximate surface area is 76.0 Å². The van der Waals surface area contributed by atoms with Crippen LogP contribution in [0.25, 0.3) is 0 Å². The molecule has 0 saturated carbocycles. The molecule has 0 radical (unpaired) electrons. The van der Waals surface area contributed by atoms with Crippen molar-refractivity contribution in [2.24, 2.45) is 0 Å². The lowest BCUT2D eigenvalue weighted by atomic mass is 10.2. The molecular formula is C7H15ClF2N2+2. The minimum atomic E-state index is -0.198. The van der Waals surface area contributed by atoms with Crippen LogP contribution in [-0.4, -0.2) is 54.5 Å². The summed E-state index contributed by atoms with van der Waals surface area (Å²) >= 11 is 5.85. The maximum absolute atomic E-state index is 13.5. The van der Waals surface area contributed by atoms with E-state index in [4.69, 9.17) is 11.6 Å². The zero-order chi connectivity index (χ0) is 7.95. The number of alkyl halides is 1. The number of hydrogen-bond acceptors (Lipinski definition) is 0. The quantitative estimate of drug-likeness (QED) is 0.255. The molecule has 3 aliphatic heterocycles. The predicted octanol–water partition coefficient (Wildman–Crippen LogP) is 0.881. The van der Waals surface area contributed by atoms with Crippen LogP contribution in [0, 0.1) is 0 Å². The molecule has 2 nitrogen and oxygen atoms in total. The van der Waals surface area contributed by atoms with Crippen LogP contribution in [0.3, 0.4) is 0 Å². The van der Waals surface area contributed by atoms with E-state index in [0.717, 1.165) is 24.1 Å². The number of quaternary nitrogens is 2. The molecule has 0 aromatic heterocycles. The number of fused-ring (bicyclic) bond motifs is 3. The molecule has 0 amide bonds. The molecule has 12 heavy (non-hydrogen) atoms. The van der Waals surface area contributed by atoms with Crippen LogP contribution in [-0.2, 0) is 0 Å². The third-order valence-electron chi connectivity index (χ3n) is 3.18. The summed E-state index contributed by atoms with van der Waals surface area (Å²) in [6.07, 6.45) is 0. The average molecular weight is 201 g/mol. The Balaban J connectivity index is 0.000000720. The van der Waals surface area contributed by atoms with E-state index in [2.05, 4.69) is 0 Å². The van der Waals surface area contributed by atoms with Crippen LogP contribution in [0.5, 0.6) is 0 Å². The lowest BCUT2D eigenvalue weighted by Gasteiger charge is -2.48. The molecule has 3 rings (SSSR count). The molecule has 0 aromatic rings. The Morgan fingerprint density at radius 2 is 1.42 bits per heavy atom. The van der Waals surface area contributed by atoms with Crippen molar-refractivity contribution in [3.63, 3.8) is 0 Å². The lowest BCUT2D eigenvalue weighted by molar-refractivity contribution is -1.15. The molecule has 3 fully saturated rings. The van der Waals surface area contributed by atoms with Gasteiger partial charge in [-0.1, -0.05) is 11.6 Å². The van der Waals surface area contributed by atoms with Crippen LogP contribution in [0.15, 0.2) is 0 Å². The zero-order valence-electron chi connectivity index (χ0n) is 7.01. The van der Waals surface area contributed by atoms with E-state index >= 15 is 0 Å². The number of halogens is 3. The van der Waals surface area contributed by atoms with Gasteiger partial charge in [-0.05, 0) is 4.48 Å². The van der Waals surface area contributed by atoms with Crippen molar-refractivity contribution in [1.82, 2.24) is 0 Å². The van der Waals surface area contributed by atoms with Gasteiger partial charge in [-0.15, -0.1) is 4.71 Å². The van der Waals surface area contributed by atoms with Gasteiger partial charge in [-0.25, -0.2) is 0 Å². The van der Waals surface area contributed by atoms with Crippen molar-refractivity contribution in [1.29, 1.82) is 0 Å². The summed E-state index contributed by atoms with van der Waals surface area (Å²) in [5, 5.41) is 0. The highest BCUT2D eigenvalue weighted by Gasteiger charge is 2.50. The highest BCUT2D eigenvalue weighted by atomic mass is 35.5. The SMILES string of the molecule is F.F[N+]12CC[N+](CCl)(CC1)CC2. The van der Waals surface area contributed by atoms with Gasteiger partial charge in [0, 0.05) is 0 Å². The molecule has 72 valence electrons. The summed E-state index contributed by atoms with van der Waals surface area (Å²) < 4.78 is 14.3. The molecule has 0 unspecified atom stereocenters. The van der Waals surface area contributed by atoms with Gasteiger partial charge >= 0.3 is 0 Å². The molecule has 0 aromatic carbocycles. The van der Waals surface area contributed by atoms with Gasteiger partial charge in [0.1, 0.15) is 19.6 Å². The van der Waals surface area contributed by atoms with E-state index in [0.29, 0.717) is 25.6 Å². The second-order valence-electron chi connectivity index (χ2n) is 3.83. The normalized spacial score (nSPS) is 45.5. The summed E-state index contributed by atoms with van der Waals surface area (Å²) in [5.74, 6) is 0. The molecule has 0 N–H and O–H groups in total. The minimum absolute atomic E-state index is 0. The van der Waals surface area contributed by atoms with Gasteiger partial charge in [-0.2, -0.15) is 0 Å². The first-order valence-corrected chi connectivity index (χ1v) is 4.68. The third-order valence-corrected chi connectivity index (χ3v) is 3.69. The first-order chi connectivity index (χ1) is 5.18. The number of piperazine rings is 3. The zero-order valence-corrected chi connectivity index (χ0v) is 7.76. The Morgan fingerprint density at radius 1 is 1.00 bits per heavy atom. The van der Waals surface area contributed by atoms with E-state index in [1.165, 1.54) is 0 Å². The van der Waals surface area contributed by atoms with E-state index in [-0.39, 0.29) is 9.41 Å². The first-order valence-electron chi connectivity index (χ1n) is 4.15. The molecule has 5 heteroatoms. The molecule has 3 saturated heterocycles. The summed E-state index contributed by atoms with van der Waals surface area (Å²) in [6.45, 7) is 4.81. The summed E-state index contributed by atoms with van der Waals surface area (Å²) in [4.78, 5) is 0. The Morgan fingerprint density at radius 3 is 1.75 bits per heavy atom. The molecule has 3 aliphatic rings. The van der Waals surface area contributed by atoms with Crippen LogP contribution in [0.4, 0.5) is 9.19 Å². The molecule has 3 heterocycles. The van der Waals surface area contributed by atoms with Crippen molar-refractivity contribution >= 4 is 11.6 Å². The fourth-order valence-electron chi connectivity index (χ4n) is 2.02. The topological polar surface area (TPSA) is 0 Å². The van der Waals surface area contributed by atoms with Gasteiger partial charge in [0.05, 0.1) is 0 Å². The lowest BCUT2D eigenvalue weighted by Crippen LogP contribution is -2.71. The largest absolute Gasteiger partial charge is 0.297 e. The van der Waals surface area contributed by atoms with E-state index < -0.39 is 0 Å². The summed E-state index contributed by atoms with van der Waals surface area (Å²) in [6, 6.07) is 0.667. The van der Waals surface area contributed by atoms with Gasteiger partial charge in [0.2, 0.25) is 0 Å². The van der Waals surface area contributed by atoms with Crippen molar-refractivity contribution in [3.05, 3.63) is 0 Å². The number of rotatable bonds is 1.